The minimum absolute atomic E-state index is 0.138. The van der Waals surface area contributed by atoms with Crippen molar-refractivity contribution in [2.45, 2.75) is 20.4 Å². The number of anilines is 1. The number of thiazole rings is 1. The molecule has 0 aliphatic heterocycles. The highest BCUT2D eigenvalue weighted by Gasteiger charge is 2.06. The van der Waals surface area contributed by atoms with Gasteiger partial charge in [-0.15, -0.1) is 11.3 Å². The maximum absolute atomic E-state index is 11.9. The highest BCUT2D eigenvalue weighted by molar-refractivity contribution is 7.09. The zero-order valence-electron chi connectivity index (χ0n) is 11.3. The predicted octanol–water partition coefficient (Wildman–Crippen LogP) is 2.34. The van der Waals surface area contributed by atoms with Crippen molar-refractivity contribution in [1.82, 2.24) is 10.3 Å². The number of hydrogen-bond acceptors (Lipinski definition) is 4. The molecule has 2 rings (SSSR count). The average molecular weight is 289 g/mol. The third-order valence-corrected chi connectivity index (χ3v) is 3.39. The summed E-state index contributed by atoms with van der Waals surface area (Å²) in [4.78, 5) is 27.1. The number of aryl methyl sites for hydroxylation is 1. The van der Waals surface area contributed by atoms with Gasteiger partial charge in [0.1, 0.15) is 0 Å². The van der Waals surface area contributed by atoms with Gasteiger partial charge in [0, 0.05) is 23.6 Å². The highest BCUT2D eigenvalue weighted by atomic mass is 32.1. The summed E-state index contributed by atoms with van der Waals surface area (Å²) in [5.41, 5.74) is 2.07. The fourth-order valence-corrected chi connectivity index (χ4v) is 2.28. The number of nitrogens with zero attached hydrogens (tertiary/aromatic N) is 1. The van der Waals surface area contributed by atoms with E-state index >= 15 is 0 Å². The van der Waals surface area contributed by atoms with Crippen LogP contribution in [0.2, 0.25) is 0 Å². The lowest BCUT2D eigenvalue weighted by Gasteiger charge is -2.05. The van der Waals surface area contributed by atoms with Crippen LogP contribution in [0.1, 0.15) is 28.0 Å². The number of hydrogen-bond donors (Lipinski definition) is 2. The maximum Gasteiger partial charge on any atom is 0.251 e. The van der Waals surface area contributed by atoms with Gasteiger partial charge in [0.25, 0.3) is 5.91 Å². The van der Waals surface area contributed by atoms with Gasteiger partial charge in [-0.05, 0) is 31.2 Å². The molecule has 0 aliphatic carbocycles. The van der Waals surface area contributed by atoms with E-state index in [1.165, 1.54) is 6.92 Å². The third-order valence-electron chi connectivity index (χ3n) is 2.56. The standard InChI is InChI=1S/C14H15N3O2S/c1-9(18)16-12-5-3-11(4-6-12)14(19)15-7-13-8-20-10(2)17-13/h3-6,8H,7H2,1-2H3,(H,15,19)(H,16,18). The zero-order valence-corrected chi connectivity index (χ0v) is 12.1. The molecule has 1 heterocycles. The van der Waals surface area contributed by atoms with Crippen LogP contribution >= 0.6 is 11.3 Å². The van der Waals surface area contributed by atoms with Crippen LogP contribution < -0.4 is 10.6 Å². The molecule has 6 heteroatoms. The van der Waals surface area contributed by atoms with Gasteiger partial charge in [0.2, 0.25) is 5.91 Å². The molecule has 0 fully saturated rings. The van der Waals surface area contributed by atoms with Crippen molar-refractivity contribution >= 4 is 28.8 Å². The minimum atomic E-state index is -0.162. The Bertz CT molecular complexity index is 620. The van der Waals surface area contributed by atoms with Crippen molar-refractivity contribution in [2.75, 3.05) is 5.32 Å². The quantitative estimate of drug-likeness (QED) is 0.907. The van der Waals surface area contributed by atoms with E-state index in [0.29, 0.717) is 17.8 Å². The molecule has 0 unspecified atom stereocenters. The van der Waals surface area contributed by atoms with Gasteiger partial charge < -0.3 is 10.6 Å². The normalized spacial score (nSPS) is 10.1. The number of aromatic nitrogens is 1. The molecule has 2 aromatic rings. The number of amides is 2. The second-order valence-corrected chi connectivity index (χ2v) is 5.36. The number of carbonyl (C=O) groups is 2. The van der Waals surface area contributed by atoms with Gasteiger partial charge >= 0.3 is 0 Å². The lowest BCUT2D eigenvalue weighted by molar-refractivity contribution is -0.114. The summed E-state index contributed by atoms with van der Waals surface area (Å²) in [5.74, 6) is -0.300. The molecule has 20 heavy (non-hydrogen) atoms. The molecule has 1 aromatic carbocycles. The van der Waals surface area contributed by atoms with E-state index in [9.17, 15) is 9.59 Å². The summed E-state index contributed by atoms with van der Waals surface area (Å²) < 4.78 is 0. The first-order valence-corrected chi connectivity index (χ1v) is 6.99. The van der Waals surface area contributed by atoms with Crippen LogP contribution in [-0.2, 0) is 11.3 Å². The summed E-state index contributed by atoms with van der Waals surface area (Å²) in [7, 11) is 0. The highest BCUT2D eigenvalue weighted by Crippen LogP contribution is 2.10. The van der Waals surface area contributed by atoms with E-state index < -0.39 is 0 Å². The monoisotopic (exact) mass is 289 g/mol. The number of benzene rings is 1. The molecule has 0 saturated carbocycles. The summed E-state index contributed by atoms with van der Waals surface area (Å²) >= 11 is 1.56. The number of carbonyl (C=O) groups excluding carboxylic acids is 2. The van der Waals surface area contributed by atoms with Crippen molar-refractivity contribution in [3.8, 4) is 0 Å². The van der Waals surface area contributed by atoms with Gasteiger partial charge in [0.15, 0.2) is 0 Å². The fraction of sp³-hybridized carbons (Fsp3) is 0.214. The summed E-state index contributed by atoms with van der Waals surface area (Å²) in [6.45, 7) is 3.78. The Labute approximate surface area is 121 Å². The smallest absolute Gasteiger partial charge is 0.251 e. The molecule has 0 aliphatic rings. The first-order chi connectivity index (χ1) is 9.54. The Kier molecular flexibility index (Phi) is 4.47. The van der Waals surface area contributed by atoms with E-state index in [-0.39, 0.29) is 11.8 Å². The van der Waals surface area contributed by atoms with Crippen LogP contribution in [0.4, 0.5) is 5.69 Å². The first kappa shape index (κ1) is 14.2. The fourth-order valence-electron chi connectivity index (χ4n) is 1.67. The van der Waals surface area contributed by atoms with E-state index in [4.69, 9.17) is 0 Å². The maximum atomic E-state index is 11.9. The summed E-state index contributed by atoms with van der Waals surface area (Å²) in [6, 6.07) is 6.74. The molecule has 5 nitrogen and oxygen atoms in total. The van der Waals surface area contributed by atoms with Crippen LogP contribution in [-0.4, -0.2) is 16.8 Å². The van der Waals surface area contributed by atoms with Crippen LogP contribution in [0.25, 0.3) is 0 Å². The van der Waals surface area contributed by atoms with Crippen molar-refractivity contribution in [3.05, 3.63) is 45.9 Å². The van der Waals surface area contributed by atoms with Crippen LogP contribution in [0.3, 0.4) is 0 Å². The average Bonchev–Trinajstić information content (AvgIpc) is 2.82. The van der Waals surface area contributed by atoms with E-state index in [0.717, 1.165) is 10.7 Å². The number of rotatable bonds is 4. The minimum Gasteiger partial charge on any atom is -0.346 e. The topological polar surface area (TPSA) is 71.1 Å². The molecule has 0 spiro atoms. The zero-order chi connectivity index (χ0) is 14.5. The van der Waals surface area contributed by atoms with Crippen LogP contribution in [0.15, 0.2) is 29.6 Å². The lowest BCUT2D eigenvalue weighted by atomic mass is 10.2. The second kappa shape index (κ2) is 6.29. The SMILES string of the molecule is CC(=O)Nc1ccc(C(=O)NCc2csc(C)n2)cc1. The molecule has 2 N–H and O–H groups in total. The molecule has 0 radical (unpaired) electrons. The van der Waals surface area contributed by atoms with Crippen LogP contribution in [0.5, 0.6) is 0 Å². The first-order valence-electron chi connectivity index (χ1n) is 6.11. The van der Waals surface area contributed by atoms with E-state index in [1.54, 1.807) is 35.6 Å². The second-order valence-electron chi connectivity index (χ2n) is 4.30. The largest absolute Gasteiger partial charge is 0.346 e. The predicted molar refractivity (Wildman–Crippen MR) is 78.8 cm³/mol. The Balaban J connectivity index is 1.93. The van der Waals surface area contributed by atoms with Crippen molar-refractivity contribution < 1.29 is 9.59 Å². The van der Waals surface area contributed by atoms with Gasteiger partial charge in [0.05, 0.1) is 17.2 Å². The molecule has 1 aromatic heterocycles. The third kappa shape index (κ3) is 3.89. The molecule has 0 saturated heterocycles. The van der Waals surface area contributed by atoms with Crippen molar-refractivity contribution in [1.29, 1.82) is 0 Å². The van der Waals surface area contributed by atoms with E-state index in [1.807, 2.05) is 12.3 Å². The number of nitrogens with one attached hydrogen (secondary N) is 2. The van der Waals surface area contributed by atoms with Crippen molar-refractivity contribution in [3.63, 3.8) is 0 Å². The van der Waals surface area contributed by atoms with Gasteiger partial charge in [-0.3, -0.25) is 9.59 Å². The lowest BCUT2D eigenvalue weighted by Crippen LogP contribution is -2.22. The van der Waals surface area contributed by atoms with E-state index in [2.05, 4.69) is 15.6 Å². The Morgan fingerprint density at radius 3 is 2.50 bits per heavy atom. The van der Waals surface area contributed by atoms with Crippen molar-refractivity contribution in [2.24, 2.45) is 0 Å². The molecule has 104 valence electrons. The summed E-state index contributed by atoms with van der Waals surface area (Å²) in [6.07, 6.45) is 0. The molecule has 2 amide bonds. The van der Waals surface area contributed by atoms with Gasteiger partial charge in [-0.2, -0.15) is 0 Å². The Hall–Kier alpha value is -2.21. The van der Waals surface area contributed by atoms with Crippen LogP contribution in [0, 0.1) is 6.92 Å². The molecule has 0 atom stereocenters. The van der Waals surface area contributed by atoms with Gasteiger partial charge in [-0.1, -0.05) is 0 Å². The molecule has 0 bridgehead atoms. The Morgan fingerprint density at radius 2 is 1.95 bits per heavy atom. The Morgan fingerprint density at radius 1 is 1.25 bits per heavy atom. The van der Waals surface area contributed by atoms with Gasteiger partial charge in [-0.25, -0.2) is 4.98 Å². The summed E-state index contributed by atoms with van der Waals surface area (Å²) in [5, 5.41) is 8.37. The molecular formula is C14H15N3O2S. The molecular weight excluding hydrogens is 274 g/mol.